The van der Waals surface area contributed by atoms with Crippen LogP contribution < -0.4 is 4.90 Å². The molecule has 5 nitrogen and oxygen atoms in total. The lowest BCUT2D eigenvalue weighted by molar-refractivity contribution is 0.0783. The number of rotatable bonds is 2. The predicted octanol–water partition coefficient (Wildman–Crippen LogP) is 1.75. The van der Waals surface area contributed by atoms with Crippen molar-refractivity contribution in [3.05, 3.63) is 40.8 Å². The van der Waals surface area contributed by atoms with Gasteiger partial charge < -0.3 is 9.80 Å². The van der Waals surface area contributed by atoms with Gasteiger partial charge in [0.25, 0.3) is 5.91 Å². The third-order valence-electron chi connectivity index (χ3n) is 4.38. The summed E-state index contributed by atoms with van der Waals surface area (Å²) in [6.45, 7) is 3.59. The van der Waals surface area contributed by atoms with Crippen molar-refractivity contribution in [1.29, 1.82) is 0 Å². The highest BCUT2D eigenvalue weighted by molar-refractivity contribution is 7.08. The van der Waals surface area contributed by atoms with E-state index in [2.05, 4.69) is 14.9 Å². The van der Waals surface area contributed by atoms with Crippen molar-refractivity contribution in [1.82, 2.24) is 14.9 Å². The maximum absolute atomic E-state index is 12.4. The van der Waals surface area contributed by atoms with Gasteiger partial charge in [-0.15, -0.1) is 0 Å². The van der Waals surface area contributed by atoms with E-state index in [1.165, 1.54) is 0 Å². The van der Waals surface area contributed by atoms with Gasteiger partial charge in [-0.1, -0.05) is 0 Å². The molecule has 4 rings (SSSR count). The second kappa shape index (κ2) is 5.11. The van der Waals surface area contributed by atoms with E-state index in [1.807, 2.05) is 27.8 Å². The minimum atomic E-state index is 0.174. The molecule has 0 radical (unpaired) electrons. The summed E-state index contributed by atoms with van der Waals surface area (Å²) in [6.07, 6.45) is 3.56. The Morgan fingerprint density at radius 3 is 2.48 bits per heavy atom. The molecule has 108 valence electrons. The van der Waals surface area contributed by atoms with Crippen LogP contribution in [0.3, 0.4) is 0 Å². The van der Waals surface area contributed by atoms with Crippen molar-refractivity contribution >= 4 is 23.2 Å². The van der Waals surface area contributed by atoms with Gasteiger partial charge in [0, 0.05) is 55.8 Å². The van der Waals surface area contributed by atoms with Crippen LogP contribution in [0.25, 0.3) is 0 Å². The second-order valence-corrected chi connectivity index (χ2v) is 6.48. The fourth-order valence-corrected chi connectivity index (χ4v) is 3.98. The average Bonchev–Trinajstić information content (AvgIpc) is 3.23. The van der Waals surface area contributed by atoms with E-state index in [0.717, 1.165) is 37.7 Å². The summed E-state index contributed by atoms with van der Waals surface area (Å²) in [7, 11) is 0. The third-order valence-corrected chi connectivity index (χ3v) is 5.06. The first-order valence-corrected chi connectivity index (χ1v) is 8.09. The van der Waals surface area contributed by atoms with Gasteiger partial charge in [0.2, 0.25) is 5.95 Å². The Labute approximate surface area is 127 Å². The third kappa shape index (κ3) is 2.29. The number of carbonyl (C=O) groups is 1. The summed E-state index contributed by atoms with van der Waals surface area (Å²) < 4.78 is 0. The molecule has 0 aliphatic carbocycles. The molecule has 2 aliphatic heterocycles. The van der Waals surface area contributed by atoms with E-state index < -0.39 is 0 Å². The van der Waals surface area contributed by atoms with Crippen LogP contribution in [0.1, 0.15) is 10.4 Å². The standard InChI is InChI=1S/C15H16N4OS/c20-14(11-2-5-21-10-11)18-6-12-8-19(9-13(12)7-18)15-16-3-1-4-17-15/h1-5,10,12-13H,6-9H2/t12-,13-/m1/s1. The number of thiophene rings is 1. The Bertz CT molecular complexity index is 616. The van der Waals surface area contributed by atoms with Crippen LogP contribution in [0, 0.1) is 11.8 Å². The Morgan fingerprint density at radius 1 is 1.14 bits per heavy atom. The highest BCUT2D eigenvalue weighted by Gasteiger charge is 2.42. The zero-order valence-corrected chi connectivity index (χ0v) is 12.4. The highest BCUT2D eigenvalue weighted by atomic mass is 32.1. The molecule has 1 amide bonds. The van der Waals surface area contributed by atoms with Crippen LogP contribution >= 0.6 is 11.3 Å². The Hall–Kier alpha value is -1.95. The van der Waals surface area contributed by atoms with Crippen LogP contribution in [0.4, 0.5) is 5.95 Å². The van der Waals surface area contributed by atoms with Crippen molar-refractivity contribution in [2.24, 2.45) is 11.8 Å². The fraction of sp³-hybridized carbons (Fsp3) is 0.400. The summed E-state index contributed by atoms with van der Waals surface area (Å²) >= 11 is 1.57. The fourth-order valence-electron chi connectivity index (χ4n) is 3.35. The normalized spacial score (nSPS) is 24.4. The first-order chi connectivity index (χ1) is 10.3. The van der Waals surface area contributed by atoms with E-state index in [4.69, 9.17) is 0 Å². The van der Waals surface area contributed by atoms with Crippen molar-refractivity contribution in [3.63, 3.8) is 0 Å². The summed E-state index contributed by atoms with van der Waals surface area (Å²) in [5.41, 5.74) is 0.822. The largest absolute Gasteiger partial charge is 0.340 e. The van der Waals surface area contributed by atoms with E-state index >= 15 is 0 Å². The Morgan fingerprint density at radius 2 is 1.86 bits per heavy atom. The molecule has 0 aromatic carbocycles. The molecule has 0 saturated carbocycles. The number of anilines is 1. The van der Waals surface area contributed by atoms with E-state index in [0.29, 0.717) is 11.8 Å². The van der Waals surface area contributed by atoms with Gasteiger partial charge in [-0.05, 0) is 17.5 Å². The molecule has 0 unspecified atom stereocenters. The van der Waals surface area contributed by atoms with Gasteiger partial charge in [0.15, 0.2) is 0 Å². The maximum Gasteiger partial charge on any atom is 0.254 e. The molecule has 6 heteroatoms. The smallest absolute Gasteiger partial charge is 0.254 e. The predicted molar refractivity (Wildman–Crippen MR) is 81.4 cm³/mol. The lowest BCUT2D eigenvalue weighted by atomic mass is 10.0. The molecule has 4 heterocycles. The Kier molecular flexibility index (Phi) is 3.11. The number of likely N-dealkylation sites (tertiary alicyclic amines) is 1. The van der Waals surface area contributed by atoms with Crippen molar-refractivity contribution in [2.75, 3.05) is 31.1 Å². The van der Waals surface area contributed by atoms with Crippen molar-refractivity contribution in [3.8, 4) is 0 Å². The average molecular weight is 300 g/mol. The summed E-state index contributed by atoms with van der Waals surface area (Å²) in [5.74, 6) is 2.06. The minimum absolute atomic E-state index is 0.174. The molecular weight excluding hydrogens is 284 g/mol. The first-order valence-electron chi connectivity index (χ1n) is 7.14. The second-order valence-electron chi connectivity index (χ2n) is 5.70. The summed E-state index contributed by atoms with van der Waals surface area (Å²) in [6, 6.07) is 3.74. The molecule has 0 bridgehead atoms. The summed E-state index contributed by atoms with van der Waals surface area (Å²) in [5, 5.41) is 3.89. The number of amides is 1. The monoisotopic (exact) mass is 300 g/mol. The van der Waals surface area contributed by atoms with Crippen LogP contribution in [-0.4, -0.2) is 47.0 Å². The van der Waals surface area contributed by atoms with Gasteiger partial charge in [-0.25, -0.2) is 9.97 Å². The zero-order valence-electron chi connectivity index (χ0n) is 11.6. The van der Waals surface area contributed by atoms with E-state index in [-0.39, 0.29) is 5.91 Å². The van der Waals surface area contributed by atoms with E-state index in [1.54, 1.807) is 23.7 Å². The number of fused-ring (bicyclic) bond motifs is 1. The van der Waals surface area contributed by atoms with Crippen LogP contribution in [0.2, 0.25) is 0 Å². The molecule has 2 aliphatic rings. The molecule has 21 heavy (non-hydrogen) atoms. The van der Waals surface area contributed by atoms with Gasteiger partial charge in [-0.2, -0.15) is 11.3 Å². The molecular formula is C15H16N4OS. The Balaban J connectivity index is 1.43. The number of aromatic nitrogens is 2. The van der Waals surface area contributed by atoms with Crippen LogP contribution in [-0.2, 0) is 0 Å². The summed E-state index contributed by atoms with van der Waals surface area (Å²) in [4.78, 5) is 25.3. The van der Waals surface area contributed by atoms with Gasteiger partial charge in [-0.3, -0.25) is 4.79 Å². The highest BCUT2D eigenvalue weighted by Crippen LogP contribution is 2.33. The molecule has 2 atom stereocenters. The van der Waals surface area contributed by atoms with Gasteiger partial charge >= 0.3 is 0 Å². The number of hydrogen-bond acceptors (Lipinski definition) is 5. The topological polar surface area (TPSA) is 49.3 Å². The molecule has 0 spiro atoms. The number of hydrogen-bond donors (Lipinski definition) is 0. The number of carbonyl (C=O) groups excluding carboxylic acids is 1. The minimum Gasteiger partial charge on any atom is -0.340 e. The number of nitrogens with zero attached hydrogens (tertiary/aromatic N) is 4. The first kappa shape index (κ1) is 12.8. The molecule has 2 saturated heterocycles. The SMILES string of the molecule is O=C(c1ccsc1)N1C[C@@H]2CN(c3ncccn3)C[C@H]2C1. The van der Waals surface area contributed by atoms with Crippen molar-refractivity contribution < 1.29 is 4.79 Å². The lowest BCUT2D eigenvalue weighted by Crippen LogP contribution is -2.33. The quantitative estimate of drug-likeness (QED) is 0.848. The van der Waals surface area contributed by atoms with Gasteiger partial charge in [0.1, 0.15) is 0 Å². The van der Waals surface area contributed by atoms with Crippen LogP contribution in [0.5, 0.6) is 0 Å². The molecule has 2 fully saturated rings. The van der Waals surface area contributed by atoms with E-state index in [9.17, 15) is 4.79 Å². The molecule has 0 N–H and O–H groups in total. The van der Waals surface area contributed by atoms with Crippen LogP contribution in [0.15, 0.2) is 35.3 Å². The maximum atomic E-state index is 12.4. The zero-order chi connectivity index (χ0) is 14.2. The lowest BCUT2D eigenvalue weighted by Gasteiger charge is -2.21. The molecule has 2 aromatic rings. The molecule has 2 aromatic heterocycles. The van der Waals surface area contributed by atoms with Gasteiger partial charge in [0.05, 0.1) is 5.56 Å². The van der Waals surface area contributed by atoms with Crippen molar-refractivity contribution in [2.45, 2.75) is 0 Å².